The third-order valence-electron chi connectivity index (χ3n) is 16.8. The molecule has 12 heterocycles. The van der Waals surface area contributed by atoms with E-state index in [0.717, 1.165) is 182 Å². The van der Waals surface area contributed by atoms with Gasteiger partial charge in [-0.05, 0) is 131 Å². The minimum atomic E-state index is -0.436. The number of hydrogen-bond donors (Lipinski definition) is 3. The molecule has 10 aromatic rings. The molecule has 0 fully saturated rings. The number of aromatic nitrogens is 2. The van der Waals surface area contributed by atoms with Gasteiger partial charge >= 0.3 is 47.5 Å². The van der Waals surface area contributed by atoms with Gasteiger partial charge in [-0.15, -0.1) is 56.9 Å². The number of amides is 1. The second-order valence-corrected chi connectivity index (χ2v) is 28.9. The molecular formula is C79H88BCl2N6NaO17S4+. The summed E-state index contributed by atoms with van der Waals surface area (Å²) in [5, 5.41) is 25.1. The number of carbonyl (C=O) groups is 4. The van der Waals surface area contributed by atoms with Gasteiger partial charge in [-0.2, -0.15) is 9.83 Å². The van der Waals surface area contributed by atoms with E-state index in [1.54, 1.807) is 41.3 Å². The average Bonchev–Trinajstić information content (AvgIpc) is 1.69. The number of alkyl halides is 1. The maximum Gasteiger partial charge on any atom is 1.00 e. The normalized spacial score (nSPS) is 13.8. The Morgan fingerprint density at radius 2 is 1.00 bits per heavy atom. The largest absolute Gasteiger partial charge is 1.00 e. The predicted molar refractivity (Wildman–Crippen MR) is 419 cm³/mol. The van der Waals surface area contributed by atoms with Crippen LogP contribution in [-0.2, 0) is 65.3 Å². The van der Waals surface area contributed by atoms with E-state index >= 15 is 0 Å². The fourth-order valence-electron chi connectivity index (χ4n) is 11.7. The van der Waals surface area contributed by atoms with Crippen LogP contribution in [0.1, 0.15) is 123 Å². The standard InChI is InChI=1S/C19H21NO4S.C19H18NO4S.C18H20N2O4S.C10H11ClO2.C9H6NO2S.C2H3N.CH4O.CH4.B.ClH.Na.H/c2*1-22-19(21)17-10-14-5-6-20(12-18(14)25-17)11-13-3-4-15-16(9-13)24-8-2-7-23-15;21-18(19-22)16-9-13-4-5-20(11-17(13)25-16)10-12-2-3-14-15(8-12)24-7-1-6-23-14;11-7-8-2-3-9-10(6-8)13-5-1-4-12-9;1-12-9(11)7-4-6-2-3-10-5-8(6)13-7;1-2-3;1-2;;;;;/h3-4,9-10H,2,5-8,11-12H2,1H3;3-6,9-10,12H,2,7-8,11H2,1H3;2-3,8-9,22H,1,4-7,10-11H2,(H,19,21);2-3,6H,1,4-5,7H2;2-5H,1H2;1H3;2H,1H3;1H4;;1H;;/q;+1;;;+1;;;;;;+1;-1/p-1. The van der Waals surface area contributed by atoms with Crippen molar-refractivity contribution in [2.24, 2.45) is 0 Å². The minimum absolute atomic E-state index is 0. The van der Waals surface area contributed by atoms with E-state index < -0.39 is 11.9 Å². The minimum Gasteiger partial charge on any atom is -1.00 e. The molecule has 0 saturated heterocycles. The average molecular weight is 1630 g/mol. The van der Waals surface area contributed by atoms with Crippen molar-refractivity contribution < 1.29 is 129 Å². The van der Waals surface area contributed by atoms with E-state index in [2.05, 4.69) is 67.1 Å². The fraction of sp³-hybridized carbons (Fsp3) is 0.342. The molecule has 110 heavy (non-hydrogen) atoms. The number of carbonyl (C=O) groups excluding carboxylic acids is 5. The van der Waals surface area contributed by atoms with Gasteiger partial charge in [0.05, 0.1) is 92.2 Å². The monoisotopic (exact) mass is 1620 g/mol. The number of aliphatic hydroxyl groups excluding tert-OH is 1. The summed E-state index contributed by atoms with van der Waals surface area (Å²) in [5.74, 6) is 5.72. The van der Waals surface area contributed by atoms with Gasteiger partial charge in [-0.25, -0.2) is 15.1 Å². The van der Waals surface area contributed by atoms with Crippen molar-refractivity contribution in [3.8, 4) is 52.1 Å². The molecule has 0 aliphatic carbocycles. The van der Waals surface area contributed by atoms with Crippen LogP contribution in [0.5, 0.6) is 46.0 Å². The first-order valence-corrected chi connectivity index (χ1v) is 38.0. The van der Waals surface area contributed by atoms with Crippen LogP contribution < -0.4 is 89.9 Å². The van der Waals surface area contributed by atoms with Gasteiger partial charge in [0.15, 0.2) is 76.6 Å². The molecule has 16 rings (SSSR count). The van der Waals surface area contributed by atoms with Gasteiger partial charge in [0.2, 0.25) is 0 Å². The van der Waals surface area contributed by atoms with E-state index in [0.29, 0.717) is 65.0 Å². The first-order chi connectivity index (χ1) is 51.8. The van der Waals surface area contributed by atoms with E-state index in [1.807, 2.05) is 79.0 Å². The molecule has 23 nitrogen and oxygen atoms in total. The third kappa shape index (κ3) is 25.3. The number of fused-ring (bicyclic) bond motifs is 8. The number of nitrogens with zero attached hydrogens (tertiary/aromatic N) is 5. The first-order valence-electron chi connectivity index (χ1n) is 34.2. The van der Waals surface area contributed by atoms with Crippen LogP contribution in [0.15, 0.2) is 134 Å². The second kappa shape index (κ2) is 46.5. The number of aliphatic hydroxyl groups is 1. The van der Waals surface area contributed by atoms with Crippen molar-refractivity contribution in [2.45, 2.75) is 91.5 Å². The zero-order valence-corrected chi connectivity index (χ0v) is 68.0. The SMILES string of the molecule is C.C=[O+]C(=O)c1cc2ccncc2s1.CC#N.CO.COC(=O)c1cc2c(s1)CN(Cc1ccc3c(c1)OCCCO3)CC2.COC(=O)c1cc2cc[n+](Cc3ccc4c(c3)OCCCO4)cc2s1.ClCc1ccc2c(c1)OCCCO2.O=C(NO)c1cc2c(s1)CN(Cc1ccc3c(c1)OCCCO3)CC2.[B].[Cl-].[H-].[Na+]. The summed E-state index contributed by atoms with van der Waals surface area (Å²) in [6.45, 7) is 16.1. The number of nitriles is 1. The fourth-order valence-corrected chi connectivity index (χ4v) is 16.1. The van der Waals surface area contributed by atoms with E-state index in [4.69, 9.17) is 74.5 Å². The molecule has 6 aliphatic heterocycles. The molecule has 1 amide bonds. The Hall–Kier alpha value is -8.38. The van der Waals surface area contributed by atoms with Gasteiger partial charge in [0.1, 0.15) is 9.75 Å². The molecule has 0 saturated carbocycles. The van der Waals surface area contributed by atoms with Crippen molar-refractivity contribution >= 4 is 116 Å². The summed E-state index contributed by atoms with van der Waals surface area (Å²) in [7, 11) is 3.83. The van der Waals surface area contributed by atoms with Crippen LogP contribution in [0.25, 0.3) is 20.2 Å². The van der Waals surface area contributed by atoms with Crippen molar-refractivity contribution in [1.29, 1.82) is 5.26 Å². The summed E-state index contributed by atoms with van der Waals surface area (Å²) in [5.41, 5.74) is 8.80. The molecule has 0 spiro atoms. The van der Waals surface area contributed by atoms with Gasteiger partial charge in [-0.1, -0.05) is 25.6 Å². The summed E-state index contributed by atoms with van der Waals surface area (Å²) >= 11 is 11.5. The topological polar surface area (TPSA) is 271 Å². The van der Waals surface area contributed by atoms with Crippen LogP contribution in [0.3, 0.4) is 0 Å². The molecule has 0 unspecified atom stereocenters. The van der Waals surface area contributed by atoms with Crippen LogP contribution >= 0.6 is 56.9 Å². The number of methoxy groups -OCH3 is 2. The van der Waals surface area contributed by atoms with E-state index in [-0.39, 0.29) is 71.2 Å². The van der Waals surface area contributed by atoms with Crippen LogP contribution in [0, 0.1) is 11.3 Å². The Morgan fingerprint density at radius 1 is 0.600 bits per heavy atom. The number of esters is 2. The van der Waals surface area contributed by atoms with Crippen molar-refractivity contribution in [3.05, 3.63) is 197 Å². The summed E-state index contributed by atoms with van der Waals surface area (Å²) in [6, 6.07) is 37.3. The zero-order chi connectivity index (χ0) is 74.7. The summed E-state index contributed by atoms with van der Waals surface area (Å²) in [4.78, 5) is 59.7. The van der Waals surface area contributed by atoms with Crippen molar-refractivity contribution in [3.63, 3.8) is 0 Å². The second-order valence-electron chi connectivity index (χ2n) is 24.2. The Labute approximate surface area is 692 Å². The van der Waals surface area contributed by atoms with E-state index in [9.17, 15) is 19.2 Å². The Bertz CT molecular complexity index is 4550. The van der Waals surface area contributed by atoms with Crippen molar-refractivity contribution in [2.75, 3.05) is 87.3 Å². The molecule has 4 aromatic carbocycles. The molecule has 3 N–H and O–H groups in total. The number of pyridine rings is 2. The summed E-state index contributed by atoms with van der Waals surface area (Å²) in [6.07, 6.45) is 13.0. The quantitative estimate of drug-likeness (QED) is 0.0211. The molecule has 3 radical (unpaired) electrons. The van der Waals surface area contributed by atoms with Gasteiger partial charge in [0, 0.05) is 132 Å². The number of ether oxygens (including phenoxy) is 10. The van der Waals surface area contributed by atoms with E-state index in [1.165, 1.54) is 87.2 Å². The van der Waals surface area contributed by atoms with Gasteiger partial charge < -0.3 is 66.3 Å². The maximum absolute atomic E-state index is 11.7. The molecule has 0 bridgehead atoms. The third-order valence-corrected chi connectivity index (χ3v) is 21.5. The smallest absolute Gasteiger partial charge is 1.00 e. The van der Waals surface area contributed by atoms with Crippen LogP contribution in [0.4, 0.5) is 0 Å². The van der Waals surface area contributed by atoms with Gasteiger partial charge in [0.25, 0.3) is 5.91 Å². The Balaban J connectivity index is 0.000000247. The molecule has 6 aromatic heterocycles. The number of nitrogens with one attached hydrogen (secondary N) is 1. The number of rotatable bonds is 11. The Morgan fingerprint density at radius 3 is 1.45 bits per heavy atom. The predicted octanol–water partition coefficient (Wildman–Crippen LogP) is 7.93. The zero-order valence-electron chi connectivity index (χ0n) is 62.2. The number of thiophene rings is 4. The number of benzene rings is 4. The van der Waals surface area contributed by atoms with Crippen LogP contribution in [-0.4, -0.2) is 151 Å². The molecule has 6 aliphatic rings. The maximum atomic E-state index is 11.7. The summed E-state index contributed by atoms with van der Waals surface area (Å²) < 4.78 is 63.5. The molecule has 577 valence electrons. The van der Waals surface area contributed by atoms with Crippen LogP contribution in [0.2, 0.25) is 0 Å². The molecule has 31 heteroatoms. The molecule has 0 atom stereocenters. The molecular weight excluding hydrogens is 1540 g/mol. The number of hydroxylamine groups is 1. The Kier molecular flexibility index (Phi) is 38.2. The number of halogens is 2. The van der Waals surface area contributed by atoms with Gasteiger partial charge in [-0.3, -0.25) is 29.2 Å². The van der Waals surface area contributed by atoms with Crippen molar-refractivity contribution in [1.82, 2.24) is 20.3 Å². The first kappa shape index (κ1) is 90.5. The number of hydrogen-bond acceptors (Lipinski definition) is 24.